The molecule has 2 nitrogen and oxygen atoms in total. The van der Waals surface area contributed by atoms with E-state index in [2.05, 4.69) is 33.1 Å². The molecule has 0 saturated heterocycles. The Labute approximate surface area is 128 Å². The molecule has 17 heavy (non-hydrogen) atoms. The molecule has 0 aromatic heterocycles. The molecule has 0 spiro atoms. The number of carbonyl (C=O) groups is 1. The molecule has 0 radical (unpaired) electrons. The molecule has 0 rings (SSSR count). The normalized spacial score (nSPS) is 13.4. The second-order valence-corrected chi connectivity index (χ2v) is 4.71. The van der Waals surface area contributed by atoms with Gasteiger partial charge in [0.1, 0.15) is 5.25 Å². The molecule has 0 aliphatic rings. The van der Waals surface area contributed by atoms with Crippen LogP contribution in [0.5, 0.6) is 0 Å². The van der Waals surface area contributed by atoms with Crippen LogP contribution in [-0.2, 0) is 9.53 Å². The van der Waals surface area contributed by atoms with Gasteiger partial charge in [0.25, 0.3) is 0 Å². The zero-order valence-electron chi connectivity index (χ0n) is 10.4. The third-order valence-electron chi connectivity index (χ3n) is 2.67. The summed E-state index contributed by atoms with van der Waals surface area (Å²) in [6.07, 6.45) is 6.84. The molecule has 0 aliphatic heterocycles. The topological polar surface area (TPSA) is 26.3 Å². The van der Waals surface area contributed by atoms with Crippen molar-refractivity contribution in [3.63, 3.8) is 0 Å². The number of unbranched alkanes of at least 4 members (excludes halogenated alkanes) is 1. The van der Waals surface area contributed by atoms with Crippen LogP contribution in [0.3, 0.4) is 0 Å². The van der Waals surface area contributed by atoms with Crippen molar-refractivity contribution >= 4 is 42.5 Å². The van der Waals surface area contributed by atoms with Gasteiger partial charge in [0, 0.05) is 0 Å². The number of thiol groups is 1. The predicted octanol–water partition coefficient (Wildman–Crippen LogP) is 2.17. The van der Waals surface area contributed by atoms with E-state index in [0.717, 1.165) is 12.8 Å². The van der Waals surface area contributed by atoms with Crippen molar-refractivity contribution < 1.29 is 9.53 Å². The van der Waals surface area contributed by atoms with Crippen LogP contribution in [0, 0.1) is 5.92 Å². The van der Waals surface area contributed by atoms with E-state index >= 15 is 0 Å². The summed E-state index contributed by atoms with van der Waals surface area (Å²) >= 11 is 4.16. The molecule has 0 saturated carbocycles. The average molecular weight is 367 g/mol. The SMILES string of the molecule is C=CCC(S)C(=O)OCC(CC)CCCC.[SnH4]. The quantitative estimate of drug-likeness (QED) is 0.293. The van der Waals surface area contributed by atoms with Crippen molar-refractivity contribution in [1.29, 1.82) is 0 Å². The number of allylic oxidation sites excluding steroid dienone is 1. The first-order valence-electron chi connectivity index (χ1n) is 6.11. The number of carbonyl (C=O) groups excluding carboxylic acids is 1. The Hall–Kier alpha value is 0.359. The van der Waals surface area contributed by atoms with Gasteiger partial charge in [-0.05, 0) is 18.8 Å². The number of hydrogen-bond donors (Lipinski definition) is 1. The van der Waals surface area contributed by atoms with Crippen LogP contribution in [0.25, 0.3) is 0 Å². The Bertz CT molecular complexity index is 210. The number of hydrogen-bond acceptors (Lipinski definition) is 3. The maximum absolute atomic E-state index is 11.5. The summed E-state index contributed by atoms with van der Waals surface area (Å²) in [5.41, 5.74) is 0. The predicted molar refractivity (Wildman–Crippen MR) is 83.2 cm³/mol. The molecule has 4 heteroatoms. The first-order chi connectivity index (χ1) is 7.65. The van der Waals surface area contributed by atoms with E-state index in [4.69, 9.17) is 4.74 Å². The number of rotatable bonds is 9. The minimum atomic E-state index is -0.360. The molecule has 0 heterocycles. The van der Waals surface area contributed by atoms with E-state index in [9.17, 15) is 4.79 Å². The van der Waals surface area contributed by atoms with Crippen molar-refractivity contribution in [1.82, 2.24) is 0 Å². The summed E-state index contributed by atoms with van der Waals surface area (Å²) in [5, 5.41) is -0.360. The minimum absolute atomic E-state index is 0. The summed E-state index contributed by atoms with van der Waals surface area (Å²) in [5.74, 6) is 0.270. The molecule has 102 valence electrons. The molecule has 2 unspecified atom stereocenters. The second-order valence-electron chi connectivity index (χ2n) is 4.09. The van der Waals surface area contributed by atoms with Crippen molar-refractivity contribution in [2.24, 2.45) is 5.92 Å². The third-order valence-corrected chi connectivity index (χ3v) is 3.09. The van der Waals surface area contributed by atoms with E-state index < -0.39 is 0 Å². The standard InChI is InChI=1S/C13H24O2S.Sn.4H/c1-4-7-9-11(6-3)10-15-13(14)12(16)8-5-2;;;;;/h5,11-12,16H,2,4,6-10H2,1,3H3;;;;;. The van der Waals surface area contributed by atoms with Gasteiger partial charge in [0.2, 0.25) is 0 Å². The summed E-state index contributed by atoms with van der Waals surface area (Å²) in [6.45, 7) is 8.42. The van der Waals surface area contributed by atoms with Crippen LogP contribution in [0.1, 0.15) is 46.0 Å². The van der Waals surface area contributed by atoms with E-state index in [1.54, 1.807) is 6.08 Å². The van der Waals surface area contributed by atoms with Crippen LogP contribution in [0.4, 0.5) is 0 Å². The van der Waals surface area contributed by atoms with Gasteiger partial charge in [0.05, 0.1) is 6.61 Å². The van der Waals surface area contributed by atoms with Gasteiger partial charge >= 0.3 is 29.9 Å². The maximum atomic E-state index is 11.5. The van der Waals surface area contributed by atoms with Gasteiger partial charge in [-0.2, -0.15) is 12.6 Å². The van der Waals surface area contributed by atoms with Gasteiger partial charge in [-0.25, -0.2) is 0 Å². The van der Waals surface area contributed by atoms with E-state index in [0.29, 0.717) is 18.9 Å². The van der Waals surface area contributed by atoms with Crippen LogP contribution in [0.15, 0.2) is 12.7 Å². The van der Waals surface area contributed by atoms with Crippen molar-refractivity contribution in [2.75, 3.05) is 6.61 Å². The number of esters is 1. The average Bonchev–Trinajstić information content (AvgIpc) is 2.29. The second kappa shape index (κ2) is 12.8. The van der Waals surface area contributed by atoms with Gasteiger partial charge in [-0.15, -0.1) is 6.58 Å². The molecule has 0 N–H and O–H groups in total. The van der Waals surface area contributed by atoms with E-state index in [1.165, 1.54) is 12.8 Å². The van der Waals surface area contributed by atoms with Crippen LogP contribution in [-0.4, -0.2) is 41.7 Å². The van der Waals surface area contributed by atoms with Gasteiger partial charge < -0.3 is 4.74 Å². The fourth-order valence-corrected chi connectivity index (χ4v) is 1.67. The van der Waals surface area contributed by atoms with Gasteiger partial charge in [-0.3, -0.25) is 4.79 Å². The fraction of sp³-hybridized carbons (Fsp3) is 0.769. The zero-order valence-corrected chi connectivity index (χ0v) is 11.3. The van der Waals surface area contributed by atoms with Gasteiger partial charge in [0.15, 0.2) is 0 Å². The molecule has 0 aromatic carbocycles. The van der Waals surface area contributed by atoms with Crippen LogP contribution < -0.4 is 0 Å². The summed E-state index contributed by atoms with van der Waals surface area (Å²) in [7, 11) is 0. The molecular formula is C13H28O2SSn. The molecule has 0 fully saturated rings. The first kappa shape index (κ1) is 19.7. The van der Waals surface area contributed by atoms with Crippen LogP contribution >= 0.6 is 12.6 Å². The summed E-state index contributed by atoms with van der Waals surface area (Å²) in [6, 6.07) is 0. The Morgan fingerprint density at radius 2 is 2.12 bits per heavy atom. The Balaban J connectivity index is 0. The van der Waals surface area contributed by atoms with Crippen molar-refractivity contribution in [2.45, 2.75) is 51.2 Å². The summed E-state index contributed by atoms with van der Waals surface area (Å²) < 4.78 is 5.24. The summed E-state index contributed by atoms with van der Waals surface area (Å²) in [4.78, 5) is 11.5. The molecular weight excluding hydrogens is 339 g/mol. The monoisotopic (exact) mass is 368 g/mol. The number of ether oxygens (including phenoxy) is 1. The molecule has 0 aromatic rings. The molecule has 0 amide bonds. The fourth-order valence-electron chi connectivity index (χ4n) is 1.45. The molecule has 0 aliphatic carbocycles. The van der Waals surface area contributed by atoms with Gasteiger partial charge in [-0.1, -0.05) is 39.2 Å². The Kier molecular flexibility index (Phi) is 14.8. The third kappa shape index (κ3) is 10.0. The molecule has 2 atom stereocenters. The zero-order chi connectivity index (χ0) is 12.4. The van der Waals surface area contributed by atoms with E-state index in [1.807, 2.05) is 0 Å². The first-order valence-corrected chi connectivity index (χ1v) is 6.62. The van der Waals surface area contributed by atoms with Crippen LogP contribution in [0.2, 0.25) is 0 Å². The molecule has 0 bridgehead atoms. The van der Waals surface area contributed by atoms with Crippen molar-refractivity contribution in [3.05, 3.63) is 12.7 Å². The van der Waals surface area contributed by atoms with E-state index in [-0.39, 0.29) is 35.1 Å². The Morgan fingerprint density at radius 1 is 1.47 bits per heavy atom. The Morgan fingerprint density at radius 3 is 2.59 bits per heavy atom. The van der Waals surface area contributed by atoms with Crippen molar-refractivity contribution in [3.8, 4) is 0 Å².